The van der Waals surface area contributed by atoms with Crippen LogP contribution in [0, 0.1) is 0 Å². The van der Waals surface area contributed by atoms with Crippen LogP contribution < -0.4 is 11.0 Å². The summed E-state index contributed by atoms with van der Waals surface area (Å²) in [6.45, 7) is 2.89. The molecule has 6 nitrogen and oxygen atoms in total. The van der Waals surface area contributed by atoms with Crippen molar-refractivity contribution in [1.29, 1.82) is 0 Å². The van der Waals surface area contributed by atoms with Gasteiger partial charge in [0.25, 0.3) is 0 Å². The summed E-state index contributed by atoms with van der Waals surface area (Å²) in [7, 11) is 0. The minimum Gasteiger partial charge on any atom is -0.356 e. The lowest BCUT2D eigenvalue weighted by Gasteiger charge is -2.03. The van der Waals surface area contributed by atoms with Crippen LogP contribution in [0.2, 0.25) is 0 Å². The van der Waals surface area contributed by atoms with Crippen molar-refractivity contribution in [1.82, 2.24) is 20.5 Å². The van der Waals surface area contributed by atoms with Gasteiger partial charge in [-0.25, -0.2) is 9.89 Å². The minimum absolute atomic E-state index is 0.00495. The van der Waals surface area contributed by atoms with E-state index in [0.29, 0.717) is 18.7 Å². The number of nitrogens with one attached hydrogen (secondary N) is 3. The van der Waals surface area contributed by atoms with E-state index in [1.807, 2.05) is 0 Å². The summed E-state index contributed by atoms with van der Waals surface area (Å²) in [4.78, 5) is 24.7. The van der Waals surface area contributed by atoms with Crippen molar-refractivity contribution in [3.63, 3.8) is 0 Å². The van der Waals surface area contributed by atoms with Gasteiger partial charge < -0.3 is 5.32 Å². The number of nitrogens with zero attached hydrogens (tertiary/aromatic N) is 1. The van der Waals surface area contributed by atoms with Gasteiger partial charge in [0.05, 0.1) is 0 Å². The quantitative estimate of drug-likeness (QED) is 0.585. The Morgan fingerprint density at radius 1 is 1.35 bits per heavy atom. The predicted molar refractivity (Wildman–Crippen MR) is 64.7 cm³/mol. The molecule has 0 unspecified atom stereocenters. The Bertz CT molecular complexity index is 383. The van der Waals surface area contributed by atoms with Crippen molar-refractivity contribution in [2.75, 3.05) is 6.54 Å². The number of aromatic amines is 2. The summed E-state index contributed by atoms with van der Waals surface area (Å²) < 4.78 is 0. The molecule has 0 aromatic carbocycles. The molecule has 17 heavy (non-hydrogen) atoms. The number of carbonyl (C=O) groups excluding carboxylic acids is 1. The van der Waals surface area contributed by atoms with Crippen LogP contribution in [-0.2, 0) is 11.2 Å². The fourth-order valence-electron chi connectivity index (χ4n) is 1.52. The van der Waals surface area contributed by atoms with Crippen LogP contribution in [0.1, 0.15) is 44.9 Å². The zero-order chi connectivity index (χ0) is 12.5. The van der Waals surface area contributed by atoms with Crippen LogP contribution in [-0.4, -0.2) is 27.6 Å². The SMILES string of the molecule is CCCCCCNC(=O)CCc1n[nH]c(=O)[nH]1. The molecule has 1 rings (SSSR count). The maximum absolute atomic E-state index is 11.4. The Balaban J connectivity index is 2.07. The Kier molecular flexibility index (Phi) is 6.06. The molecule has 1 aromatic heterocycles. The Morgan fingerprint density at radius 2 is 2.18 bits per heavy atom. The highest BCUT2D eigenvalue weighted by Gasteiger charge is 2.03. The number of carbonyl (C=O) groups is 1. The normalized spacial score (nSPS) is 10.4. The van der Waals surface area contributed by atoms with Gasteiger partial charge in [-0.2, -0.15) is 5.10 Å². The van der Waals surface area contributed by atoms with Crippen molar-refractivity contribution < 1.29 is 4.79 Å². The summed E-state index contributed by atoms with van der Waals surface area (Å²) in [5.74, 6) is 0.529. The zero-order valence-corrected chi connectivity index (χ0v) is 10.2. The monoisotopic (exact) mass is 240 g/mol. The number of unbranched alkanes of at least 4 members (excludes halogenated alkanes) is 3. The van der Waals surface area contributed by atoms with E-state index in [-0.39, 0.29) is 11.6 Å². The Morgan fingerprint density at radius 3 is 2.82 bits per heavy atom. The fourth-order valence-corrected chi connectivity index (χ4v) is 1.52. The number of hydrogen-bond acceptors (Lipinski definition) is 3. The summed E-state index contributed by atoms with van der Waals surface area (Å²) in [5, 5.41) is 8.85. The van der Waals surface area contributed by atoms with Gasteiger partial charge in [-0.05, 0) is 6.42 Å². The number of rotatable bonds is 8. The maximum atomic E-state index is 11.4. The van der Waals surface area contributed by atoms with Gasteiger partial charge in [-0.1, -0.05) is 26.2 Å². The Hall–Kier alpha value is -1.59. The number of aryl methyl sites for hydroxylation is 1. The molecular weight excluding hydrogens is 220 g/mol. The second kappa shape index (κ2) is 7.65. The smallest absolute Gasteiger partial charge is 0.340 e. The molecule has 0 saturated carbocycles. The first-order valence-electron chi connectivity index (χ1n) is 6.12. The van der Waals surface area contributed by atoms with Crippen LogP contribution in [0.15, 0.2) is 4.79 Å². The molecule has 0 aliphatic rings. The number of aromatic nitrogens is 3. The van der Waals surface area contributed by atoms with Gasteiger partial charge >= 0.3 is 5.69 Å². The highest BCUT2D eigenvalue weighted by Crippen LogP contribution is 1.97. The van der Waals surface area contributed by atoms with Crippen molar-refractivity contribution >= 4 is 5.91 Å². The molecule has 0 saturated heterocycles. The summed E-state index contributed by atoms with van der Waals surface area (Å²) in [6, 6.07) is 0. The Labute approximate surface area is 100 Å². The van der Waals surface area contributed by atoms with Crippen LogP contribution in [0.3, 0.4) is 0 Å². The molecule has 0 aliphatic heterocycles. The third kappa shape index (κ3) is 5.89. The lowest BCUT2D eigenvalue weighted by molar-refractivity contribution is -0.121. The van der Waals surface area contributed by atoms with Gasteiger partial charge in [0.2, 0.25) is 5.91 Å². The first-order chi connectivity index (χ1) is 8.22. The second-order valence-corrected chi connectivity index (χ2v) is 4.04. The van der Waals surface area contributed by atoms with E-state index >= 15 is 0 Å². The lowest BCUT2D eigenvalue weighted by atomic mass is 10.2. The van der Waals surface area contributed by atoms with Crippen LogP contribution in [0.5, 0.6) is 0 Å². The molecule has 0 fully saturated rings. The fraction of sp³-hybridized carbons (Fsp3) is 0.727. The summed E-state index contributed by atoms with van der Waals surface area (Å²) >= 11 is 0. The molecule has 1 amide bonds. The van der Waals surface area contributed by atoms with Gasteiger partial charge in [-0.3, -0.25) is 9.78 Å². The van der Waals surface area contributed by atoms with E-state index in [0.717, 1.165) is 19.4 Å². The largest absolute Gasteiger partial charge is 0.356 e. The van der Waals surface area contributed by atoms with Crippen molar-refractivity contribution in [3.05, 3.63) is 16.3 Å². The molecule has 1 aromatic rings. The molecule has 3 N–H and O–H groups in total. The molecule has 96 valence electrons. The minimum atomic E-state index is -0.333. The van der Waals surface area contributed by atoms with E-state index < -0.39 is 0 Å². The average molecular weight is 240 g/mol. The molecular formula is C11H20N4O2. The van der Waals surface area contributed by atoms with E-state index in [2.05, 4.69) is 27.4 Å². The highest BCUT2D eigenvalue weighted by molar-refractivity contribution is 5.75. The summed E-state index contributed by atoms with van der Waals surface area (Å²) in [6.07, 6.45) is 5.40. The second-order valence-electron chi connectivity index (χ2n) is 4.04. The third-order valence-corrected chi connectivity index (χ3v) is 2.49. The van der Waals surface area contributed by atoms with E-state index in [1.54, 1.807) is 0 Å². The molecule has 0 bridgehead atoms. The van der Waals surface area contributed by atoms with E-state index in [9.17, 15) is 9.59 Å². The van der Waals surface area contributed by atoms with Crippen LogP contribution >= 0.6 is 0 Å². The molecule has 6 heteroatoms. The van der Waals surface area contributed by atoms with E-state index in [4.69, 9.17) is 0 Å². The summed E-state index contributed by atoms with van der Waals surface area (Å²) in [5.41, 5.74) is -0.333. The molecule has 0 aliphatic carbocycles. The molecule has 1 heterocycles. The van der Waals surface area contributed by atoms with E-state index in [1.165, 1.54) is 12.8 Å². The predicted octanol–water partition coefficient (Wildman–Crippen LogP) is 0.727. The van der Waals surface area contributed by atoms with Crippen molar-refractivity contribution in [3.8, 4) is 0 Å². The highest BCUT2D eigenvalue weighted by atomic mass is 16.2. The molecule has 0 spiro atoms. The molecule has 0 radical (unpaired) electrons. The third-order valence-electron chi connectivity index (χ3n) is 2.49. The zero-order valence-electron chi connectivity index (χ0n) is 10.2. The standard InChI is InChI=1S/C11H20N4O2/c1-2-3-4-5-8-12-10(16)7-6-9-13-11(17)15-14-9/h2-8H2,1H3,(H,12,16)(H2,13,14,15,17). The topological polar surface area (TPSA) is 90.6 Å². The lowest BCUT2D eigenvalue weighted by Crippen LogP contribution is -2.24. The number of hydrogen-bond donors (Lipinski definition) is 3. The first kappa shape index (κ1) is 13.5. The first-order valence-corrected chi connectivity index (χ1v) is 6.12. The van der Waals surface area contributed by atoms with Crippen LogP contribution in [0.25, 0.3) is 0 Å². The van der Waals surface area contributed by atoms with Crippen LogP contribution in [0.4, 0.5) is 0 Å². The molecule has 0 atom stereocenters. The van der Waals surface area contributed by atoms with Gasteiger partial charge in [0, 0.05) is 19.4 Å². The maximum Gasteiger partial charge on any atom is 0.340 e. The van der Waals surface area contributed by atoms with Gasteiger partial charge in [0.15, 0.2) is 0 Å². The average Bonchev–Trinajstić information content (AvgIpc) is 2.72. The van der Waals surface area contributed by atoms with Gasteiger partial charge in [-0.15, -0.1) is 0 Å². The number of H-pyrrole nitrogens is 2. The van der Waals surface area contributed by atoms with Crippen molar-refractivity contribution in [2.45, 2.75) is 45.4 Å². The van der Waals surface area contributed by atoms with Gasteiger partial charge in [0.1, 0.15) is 5.82 Å². The number of amides is 1. The van der Waals surface area contributed by atoms with Crippen molar-refractivity contribution in [2.24, 2.45) is 0 Å².